The smallest absolute Gasteiger partial charge is 0.251 e. The molecule has 1 aliphatic rings. The number of carbonyl (C=O) groups excluding carboxylic acids is 1. The van der Waals surface area contributed by atoms with E-state index < -0.39 is 6.10 Å². The zero-order valence-electron chi connectivity index (χ0n) is 9.39. The van der Waals surface area contributed by atoms with Gasteiger partial charge in [-0.2, -0.15) is 5.26 Å². The first-order valence-electron chi connectivity index (χ1n) is 5.67. The number of nitrogens with one attached hydrogen (secondary N) is 1. The Kier molecular flexibility index (Phi) is 3.40. The predicted octanol–water partition coefficient (Wildman–Crippen LogP) is 1.06. The number of hydrogen-bond donors (Lipinski definition) is 2. The maximum Gasteiger partial charge on any atom is 0.251 e. The van der Waals surface area contributed by atoms with Gasteiger partial charge in [-0.05, 0) is 37.0 Å². The fraction of sp³-hybridized carbons (Fsp3) is 0.385. The van der Waals surface area contributed by atoms with Crippen LogP contribution < -0.4 is 5.32 Å². The summed E-state index contributed by atoms with van der Waals surface area (Å²) in [7, 11) is 0. The summed E-state index contributed by atoms with van der Waals surface area (Å²) in [4.78, 5) is 11.7. The Morgan fingerprint density at radius 1 is 1.59 bits per heavy atom. The van der Waals surface area contributed by atoms with Crippen LogP contribution in [0, 0.1) is 17.2 Å². The molecule has 1 saturated carbocycles. The van der Waals surface area contributed by atoms with E-state index in [1.165, 1.54) is 0 Å². The van der Waals surface area contributed by atoms with Gasteiger partial charge in [-0.1, -0.05) is 6.07 Å². The summed E-state index contributed by atoms with van der Waals surface area (Å²) in [5, 5.41) is 21.0. The average molecular weight is 230 g/mol. The highest BCUT2D eigenvalue weighted by molar-refractivity contribution is 5.94. The summed E-state index contributed by atoms with van der Waals surface area (Å²) in [5.74, 6) is 0.0996. The first kappa shape index (κ1) is 11.6. The molecule has 0 spiro atoms. The third kappa shape index (κ3) is 3.05. The standard InChI is InChI=1S/C13H14N2O2/c14-7-9-2-1-3-11(6-9)13(17)15-8-12(16)10-4-5-10/h1-3,6,10,12,16H,4-5,8H2,(H,15,17). The largest absolute Gasteiger partial charge is 0.391 e. The van der Waals surface area contributed by atoms with Crippen LogP contribution in [0.5, 0.6) is 0 Å². The molecule has 1 aromatic rings. The summed E-state index contributed by atoms with van der Waals surface area (Å²) in [6, 6.07) is 8.50. The maximum atomic E-state index is 11.7. The third-order valence-electron chi connectivity index (χ3n) is 2.89. The van der Waals surface area contributed by atoms with Crippen LogP contribution in [0.3, 0.4) is 0 Å². The number of nitriles is 1. The molecule has 88 valence electrons. The zero-order valence-corrected chi connectivity index (χ0v) is 9.39. The lowest BCUT2D eigenvalue weighted by Gasteiger charge is -2.10. The molecule has 0 bridgehead atoms. The van der Waals surface area contributed by atoms with Crippen molar-refractivity contribution >= 4 is 5.91 Å². The van der Waals surface area contributed by atoms with Crippen LogP contribution >= 0.6 is 0 Å². The lowest BCUT2D eigenvalue weighted by Crippen LogP contribution is -2.33. The van der Waals surface area contributed by atoms with Gasteiger partial charge in [0.2, 0.25) is 0 Å². The van der Waals surface area contributed by atoms with Gasteiger partial charge in [0.25, 0.3) is 5.91 Å². The summed E-state index contributed by atoms with van der Waals surface area (Å²) in [6.07, 6.45) is 1.64. The van der Waals surface area contributed by atoms with Crippen LogP contribution in [0.4, 0.5) is 0 Å². The predicted molar refractivity (Wildman–Crippen MR) is 62.2 cm³/mol. The summed E-state index contributed by atoms with van der Waals surface area (Å²) in [5.41, 5.74) is 0.910. The number of nitrogens with zero attached hydrogens (tertiary/aromatic N) is 1. The van der Waals surface area contributed by atoms with E-state index >= 15 is 0 Å². The SMILES string of the molecule is N#Cc1cccc(C(=O)NCC(O)C2CC2)c1. The summed E-state index contributed by atoms with van der Waals surface area (Å²) < 4.78 is 0. The van der Waals surface area contributed by atoms with E-state index in [1.807, 2.05) is 6.07 Å². The van der Waals surface area contributed by atoms with Crippen molar-refractivity contribution in [1.29, 1.82) is 5.26 Å². The third-order valence-corrected chi connectivity index (χ3v) is 2.89. The monoisotopic (exact) mass is 230 g/mol. The molecule has 0 aromatic heterocycles. The van der Waals surface area contributed by atoms with Gasteiger partial charge in [-0.25, -0.2) is 0 Å². The van der Waals surface area contributed by atoms with Crippen LogP contribution in [0.25, 0.3) is 0 Å². The van der Waals surface area contributed by atoms with Gasteiger partial charge in [-0.3, -0.25) is 4.79 Å². The lowest BCUT2D eigenvalue weighted by molar-refractivity contribution is 0.0901. The highest BCUT2D eigenvalue weighted by atomic mass is 16.3. The van der Waals surface area contributed by atoms with E-state index in [0.717, 1.165) is 12.8 Å². The van der Waals surface area contributed by atoms with Gasteiger partial charge in [0, 0.05) is 12.1 Å². The molecule has 2 N–H and O–H groups in total. The van der Waals surface area contributed by atoms with Crippen molar-refractivity contribution in [2.45, 2.75) is 18.9 Å². The fourth-order valence-electron chi connectivity index (χ4n) is 1.68. The number of carbonyl (C=O) groups is 1. The lowest BCUT2D eigenvalue weighted by atomic mass is 10.1. The van der Waals surface area contributed by atoms with Gasteiger partial charge < -0.3 is 10.4 Å². The highest BCUT2D eigenvalue weighted by Gasteiger charge is 2.29. The Balaban J connectivity index is 1.92. The minimum absolute atomic E-state index is 0.248. The van der Waals surface area contributed by atoms with Crippen molar-refractivity contribution in [1.82, 2.24) is 5.32 Å². The second kappa shape index (κ2) is 4.98. The molecule has 17 heavy (non-hydrogen) atoms. The van der Waals surface area contributed by atoms with Gasteiger partial charge in [-0.15, -0.1) is 0 Å². The van der Waals surface area contributed by atoms with Crippen LogP contribution in [0.2, 0.25) is 0 Å². The first-order valence-corrected chi connectivity index (χ1v) is 5.67. The summed E-state index contributed by atoms with van der Waals surface area (Å²) in [6.45, 7) is 0.278. The Hall–Kier alpha value is -1.86. The normalized spacial score (nSPS) is 16.0. The quantitative estimate of drug-likeness (QED) is 0.812. The minimum Gasteiger partial charge on any atom is -0.391 e. The molecular weight excluding hydrogens is 216 g/mol. The molecule has 1 unspecified atom stereocenters. The average Bonchev–Trinajstić information content (AvgIpc) is 3.19. The molecule has 0 radical (unpaired) electrons. The van der Waals surface area contributed by atoms with Gasteiger partial charge >= 0.3 is 0 Å². The van der Waals surface area contributed by atoms with Crippen molar-refractivity contribution in [3.63, 3.8) is 0 Å². The van der Waals surface area contributed by atoms with Crippen molar-refractivity contribution in [2.75, 3.05) is 6.54 Å². The molecular formula is C13H14N2O2. The van der Waals surface area contributed by atoms with E-state index in [2.05, 4.69) is 5.32 Å². The van der Waals surface area contributed by atoms with Gasteiger partial charge in [0.1, 0.15) is 0 Å². The molecule has 0 saturated heterocycles. The molecule has 1 aromatic carbocycles. The van der Waals surface area contributed by atoms with E-state index in [1.54, 1.807) is 24.3 Å². The number of rotatable bonds is 4. The topological polar surface area (TPSA) is 73.1 Å². The van der Waals surface area contributed by atoms with Crippen LogP contribution in [0.15, 0.2) is 24.3 Å². The summed E-state index contributed by atoms with van der Waals surface area (Å²) >= 11 is 0. The molecule has 4 heteroatoms. The second-order valence-corrected chi connectivity index (χ2v) is 4.31. The molecule has 1 amide bonds. The van der Waals surface area contributed by atoms with Crippen LogP contribution in [0.1, 0.15) is 28.8 Å². The molecule has 1 aliphatic carbocycles. The maximum absolute atomic E-state index is 11.7. The van der Waals surface area contributed by atoms with Crippen molar-refractivity contribution in [3.8, 4) is 6.07 Å². The first-order chi connectivity index (χ1) is 8.20. The Morgan fingerprint density at radius 2 is 2.35 bits per heavy atom. The molecule has 2 rings (SSSR count). The number of hydrogen-bond acceptors (Lipinski definition) is 3. The molecule has 1 atom stereocenters. The van der Waals surface area contributed by atoms with Crippen LogP contribution in [-0.4, -0.2) is 23.7 Å². The Labute approximate surface area is 99.9 Å². The molecule has 0 aliphatic heterocycles. The van der Waals surface area contributed by atoms with Crippen molar-refractivity contribution in [2.24, 2.45) is 5.92 Å². The minimum atomic E-state index is -0.446. The number of benzene rings is 1. The Morgan fingerprint density at radius 3 is 3.00 bits per heavy atom. The number of aliphatic hydroxyl groups is 1. The van der Waals surface area contributed by atoms with E-state index in [0.29, 0.717) is 17.0 Å². The number of amides is 1. The highest BCUT2D eigenvalue weighted by Crippen LogP contribution is 2.32. The van der Waals surface area contributed by atoms with Crippen molar-refractivity contribution in [3.05, 3.63) is 35.4 Å². The van der Waals surface area contributed by atoms with Crippen LogP contribution in [-0.2, 0) is 0 Å². The van der Waals surface area contributed by atoms with E-state index in [4.69, 9.17) is 5.26 Å². The Bertz CT molecular complexity index is 461. The van der Waals surface area contributed by atoms with Gasteiger partial charge in [0.15, 0.2) is 0 Å². The van der Waals surface area contributed by atoms with E-state index in [9.17, 15) is 9.90 Å². The van der Waals surface area contributed by atoms with Gasteiger partial charge in [0.05, 0.1) is 17.7 Å². The second-order valence-electron chi connectivity index (χ2n) is 4.31. The molecule has 0 heterocycles. The zero-order chi connectivity index (χ0) is 12.3. The van der Waals surface area contributed by atoms with Crippen molar-refractivity contribution < 1.29 is 9.90 Å². The molecule has 1 fully saturated rings. The van der Waals surface area contributed by atoms with E-state index in [-0.39, 0.29) is 12.5 Å². The molecule has 4 nitrogen and oxygen atoms in total. The number of aliphatic hydroxyl groups excluding tert-OH is 1. The fourth-order valence-corrected chi connectivity index (χ4v) is 1.68.